The fourth-order valence-electron chi connectivity index (χ4n) is 2.89. The van der Waals surface area contributed by atoms with Crippen molar-refractivity contribution in [3.05, 3.63) is 41.0 Å². The van der Waals surface area contributed by atoms with Gasteiger partial charge in [-0.05, 0) is 37.9 Å². The van der Waals surface area contributed by atoms with Crippen LogP contribution in [0.25, 0.3) is 10.9 Å². The Morgan fingerprint density at radius 2 is 2.25 bits per heavy atom. The number of aliphatic hydroxyl groups is 1. The summed E-state index contributed by atoms with van der Waals surface area (Å²) in [7, 11) is 0. The molecule has 0 saturated carbocycles. The van der Waals surface area contributed by atoms with Crippen molar-refractivity contribution in [2.45, 2.75) is 26.0 Å². The van der Waals surface area contributed by atoms with Crippen LogP contribution in [0.3, 0.4) is 0 Å². The molecule has 1 aliphatic heterocycles. The van der Waals surface area contributed by atoms with Crippen LogP contribution in [0.2, 0.25) is 5.15 Å². The van der Waals surface area contributed by atoms with Gasteiger partial charge in [-0.1, -0.05) is 29.8 Å². The third kappa shape index (κ3) is 2.80. The van der Waals surface area contributed by atoms with Gasteiger partial charge in [-0.2, -0.15) is 0 Å². The Morgan fingerprint density at radius 3 is 3.00 bits per heavy atom. The minimum absolute atomic E-state index is 0.231. The quantitative estimate of drug-likeness (QED) is 0.883. The standard InChI is InChI=1S/C16H19ClN2O/c1-11(20)13-6-7-19(9-13)10-14-8-12-4-2-3-5-15(12)18-16(14)17/h2-5,8,11,13,20H,6-7,9-10H2,1H3. The minimum atomic E-state index is -0.231. The van der Waals surface area contributed by atoms with E-state index in [1.54, 1.807) is 0 Å². The highest BCUT2D eigenvalue weighted by Crippen LogP contribution is 2.25. The highest BCUT2D eigenvalue weighted by Gasteiger charge is 2.26. The van der Waals surface area contributed by atoms with Crippen molar-refractivity contribution >= 4 is 22.5 Å². The Hall–Kier alpha value is -1.16. The second-order valence-corrected chi connectivity index (χ2v) is 6.01. The van der Waals surface area contributed by atoms with Crippen LogP contribution in [0.1, 0.15) is 18.9 Å². The predicted octanol–water partition coefficient (Wildman–Crippen LogP) is 3.09. The largest absolute Gasteiger partial charge is 0.393 e. The second-order valence-electron chi connectivity index (χ2n) is 5.66. The lowest BCUT2D eigenvalue weighted by Gasteiger charge is -2.18. The number of hydrogen-bond acceptors (Lipinski definition) is 3. The fraction of sp³-hybridized carbons (Fsp3) is 0.438. The second kappa shape index (κ2) is 5.68. The maximum absolute atomic E-state index is 9.67. The van der Waals surface area contributed by atoms with Crippen molar-refractivity contribution in [2.24, 2.45) is 5.92 Å². The number of benzene rings is 1. The van der Waals surface area contributed by atoms with Crippen LogP contribution in [0, 0.1) is 5.92 Å². The van der Waals surface area contributed by atoms with E-state index in [-0.39, 0.29) is 6.10 Å². The van der Waals surface area contributed by atoms with Gasteiger partial charge in [-0.25, -0.2) is 4.98 Å². The molecule has 0 amide bonds. The number of aliphatic hydroxyl groups excluding tert-OH is 1. The molecule has 0 aliphatic carbocycles. The van der Waals surface area contributed by atoms with Gasteiger partial charge in [0.25, 0.3) is 0 Å². The van der Waals surface area contributed by atoms with E-state index < -0.39 is 0 Å². The van der Waals surface area contributed by atoms with E-state index >= 15 is 0 Å². The van der Waals surface area contributed by atoms with E-state index in [1.807, 2.05) is 25.1 Å². The number of halogens is 1. The molecule has 20 heavy (non-hydrogen) atoms. The fourth-order valence-corrected chi connectivity index (χ4v) is 3.09. The van der Waals surface area contributed by atoms with Gasteiger partial charge in [0.1, 0.15) is 5.15 Å². The van der Waals surface area contributed by atoms with Gasteiger partial charge in [0.15, 0.2) is 0 Å². The molecule has 1 fully saturated rings. The van der Waals surface area contributed by atoms with Crippen molar-refractivity contribution in [1.29, 1.82) is 0 Å². The molecule has 0 spiro atoms. The summed E-state index contributed by atoms with van der Waals surface area (Å²) < 4.78 is 0. The number of para-hydroxylation sites is 1. The van der Waals surface area contributed by atoms with Gasteiger partial charge in [0.2, 0.25) is 0 Å². The van der Waals surface area contributed by atoms with Crippen molar-refractivity contribution in [2.75, 3.05) is 13.1 Å². The predicted molar refractivity (Wildman–Crippen MR) is 81.8 cm³/mol. The van der Waals surface area contributed by atoms with Crippen LogP contribution in [0.15, 0.2) is 30.3 Å². The minimum Gasteiger partial charge on any atom is -0.393 e. The van der Waals surface area contributed by atoms with Crippen LogP contribution in [0.4, 0.5) is 0 Å². The highest BCUT2D eigenvalue weighted by atomic mass is 35.5. The third-order valence-corrected chi connectivity index (χ3v) is 4.46. The SMILES string of the molecule is CC(O)C1CCN(Cc2cc3ccccc3nc2Cl)C1. The highest BCUT2D eigenvalue weighted by molar-refractivity contribution is 6.30. The first-order valence-electron chi connectivity index (χ1n) is 7.08. The number of likely N-dealkylation sites (tertiary alicyclic amines) is 1. The first-order chi connectivity index (χ1) is 9.63. The van der Waals surface area contributed by atoms with Crippen molar-refractivity contribution in [1.82, 2.24) is 9.88 Å². The number of nitrogens with zero attached hydrogens (tertiary/aromatic N) is 2. The summed E-state index contributed by atoms with van der Waals surface area (Å²) in [5.74, 6) is 0.377. The summed E-state index contributed by atoms with van der Waals surface area (Å²) in [6.45, 7) is 4.62. The Kier molecular flexibility index (Phi) is 3.92. The van der Waals surface area contributed by atoms with Gasteiger partial charge < -0.3 is 5.11 Å². The van der Waals surface area contributed by atoms with Crippen LogP contribution in [-0.2, 0) is 6.54 Å². The molecule has 2 aromatic rings. The van der Waals surface area contributed by atoms with Crippen molar-refractivity contribution in [3.8, 4) is 0 Å². The average molecular weight is 291 g/mol. The smallest absolute Gasteiger partial charge is 0.134 e. The molecule has 0 radical (unpaired) electrons. The Morgan fingerprint density at radius 1 is 1.45 bits per heavy atom. The number of aromatic nitrogens is 1. The summed E-state index contributed by atoms with van der Waals surface area (Å²) in [6.07, 6.45) is 0.821. The Labute approximate surface area is 124 Å². The van der Waals surface area contributed by atoms with Gasteiger partial charge >= 0.3 is 0 Å². The van der Waals surface area contributed by atoms with E-state index in [4.69, 9.17) is 11.6 Å². The summed E-state index contributed by atoms with van der Waals surface area (Å²) in [5.41, 5.74) is 2.00. The lowest BCUT2D eigenvalue weighted by atomic mass is 10.0. The molecular weight excluding hydrogens is 272 g/mol. The molecule has 106 valence electrons. The van der Waals surface area contributed by atoms with Crippen molar-refractivity contribution < 1.29 is 5.11 Å². The van der Waals surface area contributed by atoms with E-state index in [2.05, 4.69) is 22.0 Å². The number of rotatable bonds is 3. The summed E-state index contributed by atoms with van der Waals surface area (Å²) in [6, 6.07) is 10.1. The maximum atomic E-state index is 9.67. The number of fused-ring (bicyclic) bond motifs is 1. The van der Waals surface area contributed by atoms with E-state index in [0.29, 0.717) is 11.1 Å². The van der Waals surface area contributed by atoms with E-state index in [1.165, 1.54) is 0 Å². The van der Waals surface area contributed by atoms with Gasteiger partial charge in [-0.15, -0.1) is 0 Å². The molecular formula is C16H19ClN2O. The van der Waals surface area contributed by atoms with Gasteiger partial charge in [-0.3, -0.25) is 4.90 Å². The third-order valence-electron chi connectivity index (χ3n) is 4.14. The molecule has 1 N–H and O–H groups in total. The van der Waals surface area contributed by atoms with E-state index in [9.17, 15) is 5.11 Å². The zero-order valence-corrected chi connectivity index (χ0v) is 12.3. The van der Waals surface area contributed by atoms with Crippen LogP contribution in [0.5, 0.6) is 0 Å². The summed E-state index contributed by atoms with van der Waals surface area (Å²) in [4.78, 5) is 6.80. The molecule has 0 bridgehead atoms. The van der Waals surface area contributed by atoms with Crippen LogP contribution < -0.4 is 0 Å². The van der Waals surface area contributed by atoms with Gasteiger partial charge in [0.05, 0.1) is 11.6 Å². The van der Waals surface area contributed by atoms with Crippen molar-refractivity contribution in [3.63, 3.8) is 0 Å². The molecule has 2 atom stereocenters. The maximum Gasteiger partial charge on any atom is 0.134 e. The zero-order valence-electron chi connectivity index (χ0n) is 11.6. The summed E-state index contributed by atoms with van der Waals surface area (Å²) >= 11 is 6.29. The average Bonchev–Trinajstić information content (AvgIpc) is 2.88. The lowest BCUT2D eigenvalue weighted by Crippen LogP contribution is -2.24. The first-order valence-corrected chi connectivity index (χ1v) is 7.46. The topological polar surface area (TPSA) is 36.4 Å². The molecule has 3 nitrogen and oxygen atoms in total. The monoisotopic (exact) mass is 290 g/mol. The zero-order chi connectivity index (χ0) is 14.1. The Bertz CT molecular complexity index is 614. The molecule has 1 saturated heterocycles. The molecule has 2 heterocycles. The molecule has 1 aromatic carbocycles. The first kappa shape index (κ1) is 13.8. The van der Waals surface area contributed by atoms with Crippen LogP contribution >= 0.6 is 11.6 Å². The molecule has 4 heteroatoms. The molecule has 3 rings (SSSR count). The Balaban J connectivity index is 1.79. The number of pyridine rings is 1. The van der Waals surface area contributed by atoms with E-state index in [0.717, 1.165) is 42.5 Å². The molecule has 2 unspecified atom stereocenters. The van der Waals surface area contributed by atoms with Gasteiger partial charge in [0, 0.05) is 24.0 Å². The molecule has 1 aromatic heterocycles. The molecule has 1 aliphatic rings. The summed E-state index contributed by atoms with van der Waals surface area (Å²) in [5, 5.41) is 11.4. The van der Waals surface area contributed by atoms with Crippen LogP contribution in [-0.4, -0.2) is 34.2 Å². The lowest BCUT2D eigenvalue weighted by molar-refractivity contribution is 0.127. The normalized spacial score (nSPS) is 21.4. The number of hydrogen-bond donors (Lipinski definition) is 1.